The Hall–Kier alpha value is -2.76. The van der Waals surface area contributed by atoms with E-state index in [1.165, 1.54) is 0 Å². The highest BCUT2D eigenvalue weighted by Gasteiger charge is 2.28. The van der Waals surface area contributed by atoms with E-state index >= 15 is 0 Å². The number of nitrogens with zero attached hydrogens (tertiary/aromatic N) is 2. The predicted molar refractivity (Wildman–Crippen MR) is 96.2 cm³/mol. The van der Waals surface area contributed by atoms with Crippen LogP contribution in [0.15, 0.2) is 41.6 Å². The second kappa shape index (κ2) is 6.63. The summed E-state index contributed by atoms with van der Waals surface area (Å²) in [5.74, 6) is 0.909. The fourth-order valence-corrected chi connectivity index (χ4v) is 2.51. The number of ether oxygens (including phenoxy) is 2. The van der Waals surface area contributed by atoms with Crippen LogP contribution in [0.2, 0.25) is 0 Å². The van der Waals surface area contributed by atoms with Crippen LogP contribution in [0.3, 0.4) is 0 Å². The van der Waals surface area contributed by atoms with Gasteiger partial charge in [-0.2, -0.15) is 5.10 Å². The Morgan fingerprint density at radius 2 is 2.12 bits per heavy atom. The molecule has 1 atom stereocenters. The lowest BCUT2D eigenvalue weighted by molar-refractivity contribution is -0.130. The summed E-state index contributed by atoms with van der Waals surface area (Å²) in [4.78, 5) is 12.3. The van der Waals surface area contributed by atoms with E-state index in [0.717, 1.165) is 11.3 Å². The zero-order chi connectivity index (χ0) is 18.0. The molecule has 132 valence electrons. The van der Waals surface area contributed by atoms with Crippen molar-refractivity contribution in [1.82, 2.24) is 9.99 Å². The van der Waals surface area contributed by atoms with Crippen LogP contribution < -0.4 is 14.9 Å². The van der Waals surface area contributed by atoms with Crippen LogP contribution in [0.4, 0.5) is 0 Å². The van der Waals surface area contributed by atoms with Crippen molar-refractivity contribution in [2.75, 3.05) is 6.61 Å². The number of aromatic nitrogens is 1. The fraction of sp³-hybridized carbons (Fsp3) is 0.368. The van der Waals surface area contributed by atoms with Crippen LogP contribution in [-0.4, -0.2) is 29.4 Å². The summed E-state index contributed by atoms with van der Waals surface area (Å²) in [6.45, 7) is 6.54. The molecule has 6 heteroatoms. The summed E-state index contributed by atoms with van der Waals surface area (Å²) >= 11 is 0. The van der Waals surface area contributed by atoms with E-state index in [-0.39, 0.29) is 17.9 Å². The molecule has 25 heavy (non-hydrogen) atoms. The standard InChI is InChI=1S/C19H23N3O3/c1-19(2,3)13-7-8-15-16(10-13)25-17(12-24-15)18(23)21-20-11-14-6-5-9-22(14)4/h5-11,17H,12H2,1-4H3,(H,21,23)/b20-11-. The molecule has 3 rings (SSSR count). The molecule has 0 fully saturated rings. The molecular formula is C19H23N3O3. The first-order chi connectivity index (χ1) is 11.8. The molecule has 0 saturated heterocycles. The molecule has 0 bridgehead atoms. The average molecular weight is 341 g/mol. The third-order valence-electron chi connectivity index (χ3n) is 4.12. The van der Waals surface area contributed by atoms with Crippen molar-refractivity contribution in [3.05, 3.63) is 47.8 Å². The van der Waals surface area contributed by atoms with Crippen LogP contribution in [0, 0.1) is 0 Å². The molecular weight excluding hydrogens is 318 g/mol. The first-order valence-corrected chi connectivity index (χ1v) is 8.23. The van der Waals surface area contributed by atoms with Gasteiger partial charge in [-0.15, -0.1) is 0 Å². The summed E-state index contributed by atoms with van der Waals surface area (Å²) in [7, 11) is 1.91. The van der Waals surface area contributed by atoms with Gasteiger partial charge >= 0.3 is 0 Å². The average Bonchev–Trinajstić information content (AvgIpc) is 2.98. The maximum atomic E-state index is 12.3. The third kappa shape index (κ3) is 3.84. The van der Waals surface area contributed by atoms with Gasteiger partial charge in [0.25, 0.3) is 5.91 Å². The van der Waals surface area contributed by atoms with E-state index in [9.17, 15) is 4.79 Å². The molecule has 1 aliphatic heterocycles. The normalized spacial score (nSPS) is 16.9. The summed E-state index contributed by atoms with van der Waals surface area (Å²) in [6, 6.07) is 9.65. The molecule has 0 aliphatic carbocycles. The molecule has 1 aliphatic rings. The first-order valence-electron chi connectivity index (χ1n) is 8.23. The van der Waals surface area contributed by atoms with Gasteiger partial charge in [0, 0.05) is 13.2 Å². The van der Waals surface area contributed by atoms with Gasteiger partial charge in [-0.05, 0) is 35.2 Å². The molecule has 2 heterocycles. The Kier molecular flexibility index (Phi) is 4.53. The number of hydrogen-bond acceptors (Lipinski definition) is 4. The molecule has 1 aromatic heterocycles. The van der Waals surface area contributed by atoms with E-state index in [1.807, 2.05) is 48.1 Å². The lowest BCUT2D eigenvalue weighted by atomic mass is 9.87. The summed E-state index contributed by atoms with van der Waals surface area (Å²) in [5.41, 5.74) is 4.51. The quantitative estimate of drug-likeness (QED) is 0.689. The zero-order valence-electron chi connectivity index (χ0n) is 14.9. The minimum absolute atomic E-state index is 0.00699. The SMILES string of the molecule is Cn1cccc1/C=N\NC(=O)C1COc2ccc(C(C)(C)C)cc2O1. The lowest BCUT2D eigenvalue weighted by Gasteiger charge is -2.27. The molecule has 0 saturated carbocycles. The Morgan fingerprint density at radius 1 is 1.32 bits per heavy atom. The fourth-order valence-electron chi connectivity index (χ4n) is 2.51. The van der Waals surface area contributed by atoms with Crippen LogP contribution in [-0.2, 0) is 17.3 Å². The zero-order valence-corrected chi connectivity index (χ0v) is 14.9. The number of carbonyl (C=O) groups is 1. The van der Waals surface area contributed by atoms with Gasteiger partial charge in [0.2, 0.25) is 6.10 Å². The number of rotatable bonds is 3. The maximum Gasteiger partial charge on any atom is 0.284 e. The lowest BCUT2D eigenvalue weighted by Crippen LogP contribution is -2.42. The van der Waals surface area contributed by atoms with Gasteiger partial charge in [0.05, 0.1) is 11.9 Å². The summed E-state index contributed by atoms with van der Waals surface area (Å²) < 4.78 is 13.4. The highest BCUT2D eigenvalue weighted by Crippen LogP contribution is 2.36. The number of carbonyl (C=O) groups excluding carboxylic acids is 1. The minimum atomic E-state index is -0.728. The Labute approximate surface area is 147 Å². The van der Waals surface area contributed by atoms with Crippen molar-refractivity contribution in [3.63, 3.8) is 0 Å². The number of benzene rings is 1. The topological polar surface area (TPSA) is 64.9 Å². The van der Waals surface area contributed by atoms with E-state index in [4.69, 9.17) is 9.47 Å². The first kappa shape index (κ1) is 17.1. The van der Waals surface area contributed by atoms with Crippen molar-refractivity contribution in [3.8, 4) is 11.5 Å². The molecule has 1 N–H and O–H groups in total. The van der Waals surface area contributed by atoms with Gasteiger partial charge in [-0.1, -0.05) is 26.8 Å². The predicted octanol–water partition coefficient (Wildman–Crippen LogP) is 2.61. The second-order valence-corrected chi connectivity index (χ2v) is 7.11. The summed E-state index contributed by atoms with van der Waals surface area (Å²) in [6.07, 6.45) is 2.77. The minimum Gasteiger partial charge on any atom is -0.485 e. The Balaban J connectivity index is 1.66. The van der Waals surface area contributed by atoms with E-state index in [0.29, 0.717) is 11.5 Å². The van der Waals surface area contributed by atoms with Crippen molar-refractivity contribution >= 4 is 12.1 Å². The Morgan fingerprint density at radius 3 is 2.80 bits per heavy atom. The smallest absolute Gasteiger partial charge is 0.284 e. The second-order valence-electron chi connectivity index (χ2n) is 7.11. The molecule has 0 radical (unpaired) electrons. The van der Waals surface area contributed by atoms with Crippen molar-refractivity contribution < 1.29 is 14.3 Å². The van der Waals surface area contributed by atoms with E-state index < -0.39 is 6.10 Å². The van der Waals surface area contributed by atoms with Gasteiger partial charge in [-0.3, -0.25) is 4.79 Å². The monoisotopic (exact) mass is 341 g/mol. The van der Waals surface area contributed by atoms with Crippen LogP contribution in [0.25, 0.3) is 0 Å². The molecule has 1 aromatic carbocycles. The Bertz CT molecular complexity index is 802. The molecule has 6 nitrogen and oxygen atoms in total. The van der Waals surface area contributed by atoms with Crippen molar-refractivity contribution in [2.45, 2.75) is 32.3 Å². The number of fused-ring (bicyclic) bond motifs is 1. The number of amides is 1. The van der Waals surface area contributed by atoms with Crippen LogP contribution in [0.1, 0.15) is 32.0 Å². The molecule has 2 aromatic rings. The van der Waals surface area contributed by atoms with Gasteiger partial charge < -0.3 is 14.0 Å². The number of aryl methyl sites for hydroxylation is 1. The highest BCUT2D eigenvalue weighted by molar-refractivity contribution is 5.84. The largest absolute Gasteiger partial charge is 0.485 e. The highest BCUT2D eigenvalue weighted by atomic mass is 16.6. The molecule has 1 amide bonds. The van der Waals surface area contributed by atoms with Crippen molar-refractivity contribution in [1.29, 1.82) is 0 Å². The maximum absolute atomic E-state index is 12.3. The van der Waals surface area contributed by atoms with Crippen LogP contribution in [0.5, 0.6) is 11.5 Å². The molecule has 1 unspecified atom stereocenters. The van der Waals surface area contributed by atoms with E-state index in [1.54, 1.807) is 6.21 Å². The number of hydrazone groups is 1. The van der Waals surface area contributed by atoms with Crippen LogP contribution >= 0.6 is 0 Å². The van der Waals surface area contributed by atoms with Gasteiger partial charge in [-0.25, -0.2) is 5.43 Å². The third-order valence-corrected chi connectivity index (χ3v) is 4.12. The number of nitrogens with one attached hydrogen (secondary N) is 1. The summed E-state index contributed by atoms with van der Waals surface area (Å²) in [5, 5.41) is 3.98. The number of hydrogen-bond donors (Lipinski definition) is 1. The molecule has 0 spiro atoms. The van der Waals surface area contributed by atoms with E-state index in [2.05, 4.69) is 31.3 Å². The van der Waals surface area contributed by atoms with Gasteiger partial charge in [0.15, 0.2) is 11.5 Å². The van der Waals surface area contributed by atoms with Crippen molar-refractivity contribution in [2.24, 2.45) is 12.1 Å². The van der Waals surface area contributed by atoms with Gasteiger partial charge in [0.1, 0.15) is 6.61 Å².